The summed E-state index contributed by atoms with van der Waals surface area (Å²) in [6, 6.07) is 13.0. The highest BCUT2D eigenvalue weighted by Gasteiger charge is 2.29. The van der Waals surface area contributed by atoms with Crippen molar-refractivity contribution in [2.45, 2.75) is 37.9 Å². The molecule has 170 valence electrons. The molecule has 0 aromatic heterocycles. The molecule has 1 fully saturated rings. The molecule has 0 radical (unpaired) electrons. The van der Waals surface area contributed by atoms with E-state index in [0.29, 0.717) is 11.1 Å². The van der Waals surface area contributed by atoms with E-state index in [-0.39, 0.29) is 46.8 Å². The molecule has 1 N–H and O–H groups in total. The summed E-state index contributed by atoms with van der Waals surface area (Å²) >= 11 is 0.972. The zero-order chi connectivity index (χ0) is 23.5. The van der Waals surface area contributed by atoms with Gasteiger partial charge in [-0.1, -0.05) is 36.0 Å². The molecule has 3 rings (SSSR count). The van der Waals surface area contributed by atoms with Crippen molar-refractivity contribution < 1.29 is 22.8 Å². The van der Waals surface area contributed by atoms with Crippen LogP contribution in [0, 0.1) is 0 Å². The van der Waals surface area contributed by atoms with Crippen molar-refractivity contribution in [1.82, 2.24) is 14.5 Å². The summed E-state index contributed by atoms with van der Waals surface area (Å²) in [6.45, 7) is 3.96. The number of rotatable bonds is 8. The topological polar surface area (TPSA) is 104 Å². The average molecular weight is 476 g/mol. The number of imide groups is 1. The summed E-state index contributed by atoms with van der Waals surface area (Å²) in [5.74, 6) is -0.399. The average Bonchev–Trinajstić information content (AvgIpc) is 3.09. The van der Waals surface area contributed by atoms with Crippen molar-refractivity contribution >= 4 is 38.8 Å². The number of hydrogen-bond donors (Lipinski definition) is 1. The molecule has 10 heteroatoms. The number of benzene rings is 2. The van der Waals surface area contributed by atoms with Crippen LogP contribution < -0.4 is 5.32 Å². The number of nitrogens with zero attached hydrogens (tertiary/aromatic N) is 2. The molecule has 1 heterocycles. The first-order valence-corrected chi connectivity index (χ1v) is 12.4. The number of carbonyl (C=O) groups is 3. The molecule has 1 saturated heterocycles. The lowest BCUT2D eigenvalue weighted by Gasteiger charge is -2.21. The van der Waals surface area contributed by atoms with Crippen molar-refractivity contribution in [3.63, 3.8) is 0 Å². The van der Waals surface area contributed by atoms with Crippen LogP contribution in [0.2, 0.25) is 0 Å². The van der Waals surface area contributed by atoms with Crippen LogP contribution in [-0.2, 0) is 27.9 Å². The molecule has 2 aromatic rings. The second-order valence-electron chi connectivity index (χ2n) is 7.68. The van der Waals surface area contributed by atoms with Gasteiger partial charge in [0.25, 0.3) is 11.1 Å². The minimum Gasteiger partial charge on any atom is -0.348 e. The van der Waals surface area contributed by atoms with E-state index in [1.165, 1.54) is 28.4 Å². The monoisotopic (exact) mass is 475 g/mol. The van der Waals surface area contributed by atoms with Gasteiger partial charge in [-0.15, -0.1) is 0 Å². The smallest absolute Gasteiger partial charge is 0.289 e. The van der Waals surface area contributed by atoms with Gasteiger partial charge in [0.2, 0.25) is 15.9 Å². The van der Waals surface area contributed by atoms with Crippen molar-refractivity contribution in [2.24, 2.45) is 0 Å². The van der Waals surface area contributed by atoms with Crippen LogP contribution in [0.15, 0.2) is 53.4 Å². The van der Waals surface area contributed by atoms with E-state index in [1.54, 1.807) is 50.2 Å². The molecule has 1 aliphatic rings. The minimum absolute atomic E-state index is 0.131. The summed E-state index contributed by atoms with van der Waals surface area (Å²) in [4.78, 5) is 37.5. The molecule has 1 aliphatic heterocycles. The quantitative estimate of drug-likeness (QED) is 0.630. The molecule has 32 heavy (non-hydrogen) atoms. The zero-order valence-corrected chi connectivity index (χ0v) is 19.7. The Kier molecular flexibility index (Phi) is 7.37. The van der Waals surface area contributed by atoms with Gasteiger partial charge >= 0.3 is 0 Å². The highest BCUT2D eigenvalue weighted by atomic mass is 32.2. The van der Waals surface area contributed by atoms with Gasteiger partial charge in [0, 0.05) is 25.2 Å². The van der Waals surface area contributed by atoms with Crippen LogP contribution >= 0.6 is 11.8 Å². The van der Waals surface area contributed by atoms with Crippen LogP contribution in [0.4, 0.5) is 4.79 Å². The molecule has 0 bridgehead atoms. The number of amides is 3. The second-order valence-corrected chi connectivity index (χ2v) is 10.6. The zero-order valence-electron chi connectivity index (χ0n) is 18.1. The van der Waals surface area contributed by atoms with E-state index in [9.17, 15) is 22.8 Å². The molecule has 0 unspecified atom stereocenters. The van der Waals surface area contributed by atoms with Gasteiger partial charge in [0.05, 0.1) is 17.2 Å². The maximum Gasteiger partial charge on any atom is 0.289 e. The Balaban J connectivity index is 1.62. The third-order valence-corrected chi connectivity index (χ3v) is 8.06. The Bertz CT molecular complexity index is 1110. The Morgan fingerprint density at radius 3 is 2.41 bits per heavy atom. The lowest BCUT2D eigenvalue weighted by Crippen LogP contribution is -2.33. The van der Waals surface area contributed by atoms with Gasteiger partial charge in [-0.3, -0.25) is 19.3 Å². The summed E-state index contributed by atoms with van der Waals surface area (Å²) < 4.78 is 26.4. The van der Waals surface area contributed by atoms with Crippen LogP contribution in [0.5, 0.6) is 0 Å². The van der Waals surface area contributed by atoms with Gasteiger partial charge in [-0.25, -0.2) is 8.42 Å². The highest BCUT2D eigenvalue weighted by Crippen LogP contribution is 2.22. The molecule has 0 aliphatic carbocycles. The Morgan fingerprint density at radius 1 is 1.12 bits per heavy atom. The van der Waals surface area contributed by atoms with Crippen LogP contribution in [0.1, 0.15) is 35.3 Å². The summed E-state index contributed by atoms with van der Waals surface area (Å²) in [5.41, 5.74) is 1.85. The molecule has 8 nitrogen and oxygen atoms in total. The SMILES string of the molecule is CC(C)N(C)S(=O)(=O)c1ccc(CNC(=O)c2cccc(CN3C(=O)CSC3=O)c2)cc1. The fourth-order valence-electron chi connectivity index (χ4n) is 3.03. The van der Waals surface area contributed by atoms with Crippen LogP contribution in [0.25, 0.3) is 0 Å². The maximum absolute atomic E-state index is 12.6. The maximum atomic E-state index is 12.6. The summed E-state index contributed by atoms with van der Waals surface area (Å²) in [7, 11) is -2.02. The van der Waals surface area contributed by atoms with E-state index < -0.39 is 10.0 Å². The molecule has 2 aromatic carbocycles. The predicted octanol–water partition coefficient (Wildman–Crippen LogP) is 2.84. The predicted molar refractivity (Wildman–Crippen MR) is 123 cm³/mol. The van der Waals surface area contributed by atoms with Gasteiger partial charge in [-0.2, -0.15) is 4.31 Å². The summed E-state index contributed by atoms with van der Waals surface area (Å²) in [6.07, 6.45) is 0. The number of hydrogen-bond acceptors (Lipinski definition) is 6. The van der Waals surface area contributed by atoms with Crippen molar-refractivity contribution in [2.75, 3.05) is 12.8 Å². The first-order valence-electron chi connectivity index (χ1n) is 10.0. The molecule has 0 spiro atoms. The number of nitrogens with one attached hydrogen (secondary N) is 1. The van der Waals surface area contributed by atoms with Gasteiger partial charge in [-0.05, 0) is 49.2 Å². The molecular weight excluding hydrogens is 450 g/mol. The Morgan fingerprint density at radius 2 is 1.81 bits per heavy atom. The first-order chi connectivity index (χ1) is 15.1. The summed E-state index contributed by atoms with van der Waals surface area (Å²) in [5, 5.41) is 2.52. The molecule has 3 amide bonds. The van der Waals surface area contributed by atoms with Crippen molar-refractivity contribution in [3.05, 3.63) is 65.2 Å². The molecular formula is C22H25N3O5S2. The Hall–Kier alpha value is -2.69. The third-order valence-electron chi connectivity index (χ3n) is 5.15. The highest BCUT2D eigenvalue weighted by molar-refractivity contribution is 8.14. The normalized spacial score (nSPS) is 14.5. The van der Waals surface area contributed by atoms with Crippen LogP contribution in [0.3, 0.4) is 0 Å². The van der Waals surface area contributed by atoms with Crippen molar-refractivity contribution in [3.8, 4) is 0 Å². The number of thioether (sulfide) groups is 1. The standard InChI is InChI=1S/C22H25N3O5S2/c1-15(2)24(3)32(29,30)19-9-7-16(8-10-19)12-23-21(27)18-6-4-5-17(11-18)13-25-20(26)14-31-22(25)28/h4-11,15H,12-14H2,1-3H3,(H,23,27). The fourth-order valence-corrected chi connectivity index (χ4v) is 5.13. The third kappa shape index (κ3) is 5.37. The first kappa shape index (κ1) is 24.0. The van der Waals surface area contributed by atoms with E-state index in [1.807, 2.05) is 0 Å². The largest absolute Gasteiger partial charge is 0.348 e. The Labute approximate surface area is 192 Å². The molecule has 0 atom stereocenters. The molecule has 0 saturated carbocycles. The van der Waals surface area contributed by atoms with Gasteiger partial charge < -0.3 is 5.32 Å². The van der Waals surface area contributed by atoms with Crippen LogP contribution in [-0.4, -0.2) is 53.5 Å². The minimum atomic E-state index is -3.56. The fraction of sp³-hybridized carbons (Fsp3) is 0.318. The van der Waals surface area contributed by atoms with E-state index >= 15 is 0 Å². The lowest BCUT2D eigenvalue weighted by atomic mass is 10.1. The van der Waals surface area contributed by atoms with E-state index in [4.69, 9.17) is 0 Å². The van der Waals surface area contributed by atoms with E-state index in [2.05, 4.69) is 5.32 Å². The number of carbonyl (C=O) groups excluding carboxylic acids is 3. The lowest BCUT2D eigenvalue weighted by molar-refractivity contribution is -0.125. The van der Waals surface area contributed by atoms with Gasteiger partial charge in [0.1, 0.15) is 0 Å². The number of sulfonamides is 1. The van der Waals surface area contributed by atoms with E-state index in [0.717, 1.165) is 17.3 Å². The van der Waals surface area contributed by atoms with Crippen molar-refractivity contribution in [1.29, 1.82) is 0 Å². The second kappa shape index (κ2) is 9.85. The van der Waals surface area contributed by atoms with Gasteiger partial charge in [0.15, 0.2) is 0 Å².